The minimum Gasteiger partial charge on any atom is -0.390 e. The van der Waals surface area contributed by atoms with E-state index in [0.29, 0.717) is 6.54 Å². The van der Waals surface area contributed by atoms with Crippen LogP contribution >= 0.6 is 11.3 Å². The first kappa shape index (κ1) is 18.4. The van der Waals surface area contributed by atoms with E-state index in [1.54, 1.807) is 11.3 Å². The molecule has 0 saturated carbocycles. The molecular weight excluding hydrogens is 346 g/mol. The van der Waals surface area contributed by atoms with E-state index >= 15 is 0 Å². The van der Waals surface area contributed by atoms with E-state index in [1.165, 1.54) is 29.7 Å². The highest BCUT2D eigenvalue weighted by molar-refractivity contribution is 7.14. The lowest BCUT2D eigenvalue weighted by Crippen LogP contribution is -2.59. The first-order valence-corrected chi connectivity index (χ1v) is 10.9. The van der Waals surface area contributed by atoms with Gasteiger partial charge in [0, 0.05) is 50.2 Å². The predicted octanol–water partition coefficient (Wildman–Crippen LogP) is 1.84. The molecular formula is C20H31N3O2S. The van der Waals surface area contributed by atoms with Crippen LogP contribution in [-0.2, 0) is 12.8 Å². The normalized spacial score (nSPS) is 28.6. The van der Waals surface area contributed by atoms with Crippen molar-refractivity contribution < 1.29 is 9.90 Å². The average Bonchev–Trinajstić information content (AvgIpc) is 2.92. The highest BCUT2D eigenvalue weighted by Gasteiger charge is 2.35. The minimum atomic E-state index is -0.436. The Hall–Kier alpha value is -0.950. The molecule has 0 aromatic carbocycles. The molecule has 0 unspecified atom stereocenters. The molecule has 1 aromatic heterocycles. The summed E-state index contributed by atoms with van der Waals surface area (Å²) < 4.78 is 0. The van der Waals surface area contributed by atoms with Gasteiger partial charge in [-0.05, 0) is 50.8 Å². The summed E-state index contributed by atoms with van der Waals surface area (Å²) in [4.78, 5) is 21.9. The monoisotopic (exact) mass is 377 g/mol. The summed E-state index contributed by atoms with van der Waals surface area (Å²) >= 11 is 1.69. The van der Waals surface area contributed by atoms with Crippen molar-refractivity contribution in [1.29, 1.82) is 0 Å². The van der Waals surface area contributed by atoms with Gasteiger partial charge in [-0.1, -0.05) is 6.42 Å². The number of rotatable bonds is 2. The molecule has 1 N–H and O–H groups in total. The van der Waals surface area contributed by atoms with Crippen LogP contribution < -0.4 is 0 Å². The zero-order valence-electron chi connectivity index (χ0n) is 15.8. The third-order valence-electron chi connectivity index (χ3n) is 6.30. The summed E-state index contributed by atoms with van der Waals surface area (Å²) in [6.45, 7) is 5.39. The molecule has 2 saturated heterocycles. The van der Waals surface area contributed by atoms with Crippen LogP contribution in [0.2, 0.25) is 0 Å². The first-order chi connectivity index (χ1) is 12.6. The molecule has 1 amide bonds. The molecule has 0 bridgehead atoms. The second-order valence-electron chi connectivity index (χ2n) is 8.13. The van der Waals surface area contributed by atoms with Crippen LogP contribution in [0, 0.1) is 0 Å². The van der Waals surface area contributed by atoms with Gasteiger partial charge < -0.3 is 14.9 Å². The number of hydrogen-bond acceptors (Lipinski definition) is 5. The molecule has 2 fully saturated rings. The largest absolute Gasteiger partial charge is 0.390 e. The molecule has 2 aliphatic heterocycles. The van der Waals surface area contributed by atoms with Crippen LogP contribution in [0.25, 0.3) is 0 Å². The summed E-state index contributed by atoms with van der Waals surface area (Å²) in [5, 5.41) is 10.7. The fraction of sp³-hybridized carbons (Fsp3) is 0.750. The Balaban J connectivity index is 1.38. The van der Waals surface area contributed by atoms with Gasteiger partial charge >= 0.3 is 0 Å². The fourth-order valence-corrected chi connectivity index (χ4v) is 5.83. The molecule has 0 spiro atoms. The Bertz CT molecular complexity index is 616. The topological polar surface area (TPSA) is 47.0 Å². The third-order valence-corrected chi connectivity index (χ3v) is 7.52. The van der Waals surface area contributed by atoms with Crippen molar-refractivity contribution in [2.24, 2.45) is 0 Å². The number of fused-ring (bicyclic) bond motifs is 1. The maximum Gasteiger partial charge on any atom is 0.264 e. The van der Waals surface area contributed by atoms with Gasteiger partial charge in [0.2, 0.25) is 0 Å². The van der Waals surface area contributed by atoms with E-state index < -0.39 is 6.10 Å². The number of carbonyl (C=O) groups is 1. The number of likely N-dealkylation sites (N-methyl/N-ethyl adjacent to an activating group) is 1. The van der Waals surface area contributed by atoms with Crippen molar-refractivity contribution in [2.45, 2.75) is 50.7 Å². The lowest BCUT2D eigenvalue weighted by atomic mass is 9.99. The predicted molar refractivity (Wildman–Crippen MR) is 105 cm³/mol. The first-order valence-electron chi connectivity index (χ1n) is 10.1. The molecule has 4 rings (SSSR count). The average molecular weight is 378 g/mol. The number of carbonyl (C=O) groups excluding carboxylic acids is 1. The van der Waals surface area contributed by atoms with E-state index in [1.807, 2.05) is 4.90 Å². The Morgan fingerprint density at radius 2 is 1.88 bits per heavy atom. The summed E-state index contributed by atoms with van der Waals surface area (Å²) in [6, 6.07) is 2.33. The Morgan fingerprint density at radius 1 is 1.12 bits per heavy atom. The Labute approximate surface area is 160 Å². The molecule has 1 aromatic rings. The Morgan fingerprint density at radius 3 is 2.65 bits per heavy atom. The number of likely N-dealkylation sites (tertiary alicyclic amines) is 1. The van der Waals surface area contributed by atoms with Gasteiger partial charge in [0.1, 0.15) is 0 Å². The second kappa shape index (κ2) is 7.97. The number of aliphatic hydroxyl groups excluding tert-OH is 1. The van der Waals surface area contributed by atoms with Crippen molar-refractivity contribution in [3.63, 3.8) is 0 Å². The molecule has 2 atom stereocenters. The van der Waals surface area contributed by atoms with Crippen molar-refractivity contribution in [1.82, 2.24) is 14.7 Å². The molecule has 5 nitrogen and oxygen atoms in total. The van der Waals surface area contributed by atoms with Crippen LogP contribution in [0.1, 0.15) is 45.8 Å². The number of amides is 1. The maximum atomic E-state index is 13.0. The van der Waals surface area contributed by atoms with Crippen LogP contribution in [-0.4, -0.2) is 84.2 Å². The number of piperidine rings is 1. The van der Waals surface area contributed by atoms with Crippen LogP contribution in [0.15, 0.2) is 6.07 Å². The highest BCUT2D eigenvalue weighted by Crippen LogP contribution is 2.30. The number of thiophene rings is 1. The van der Waals surface area contributed by atoms with Crippen molar-refractivity contribution in [3.8, 4) is 0 Å². The summed E-state index contributed by atoms with van der Waals surface area (Å²) in [7, 11) is 2.15. The van der Waals surface area contributed by atoms with E-state index in [2.05, 4.69) is 22.9 Å². The molecule has 26 heavy (non-hydrogen) atoms. The highest BCUT2D eigenvalue weighted by atomic mass is 32.1. The third kappa shape index (κ3) is 3.84. The number of hydrogen-bond donors (Lipinski definition) is 1. The van der Waals surface area contributed by atoms with Gasteiger partial charge in [-0.25, -0.2) is 0 Å². The van der Waals surface area contributed by atoms with E-state index in [0.717, 1.165) is 56.9 Å². The molecule has 0 radical (unpaired) electrons. The smallest absolute Gasteiger partial charge is 0.264 e. The SMILES string of the molecule is CN1CCN([C@@H]2CCN(C(=O)c3cc4c(s3)CCCCC4)C[C@H]2O)CC1. The van der Waals surface area contributed by atoms with Crippen molar-refractivity contribution in [3.05, 3.63) is 21.4 Å². The number of piperazine rings is 1. The second-order valence-corrected chi connectivity index (χ2v) is 9.27. The maximum absolute atomic E-state index is 13.0. The number of nitrogens with zero attached hydrogens (tertiary/aromatic N) is 3. The summed E-state index contributed by atoms with van der Waals surface area (Å²) in [5.41, 5.74) is 1.39. The fourth-order valence-electron chi connectivity index (χ4n) is 4.61. The van der Waals surface area contributed by atoms with E-state index in [4.69, 9.17) is 0 Å². The van der Waals surface area contributed by atoms with Gasteiger partial charge in [0.15, 0.2) is 0 Å². The summed E-state index contributed by atoms with van der Waals surface area (Å²) in [5.74, 6) is 0.124. The summed E-state index contributed by atoms with van der Waals surface area (Å²) in [6.07, 6.45) is 6.48. The van der Waals surface area contributed by atoms with Gasteiger partial charge in [-0.15, -0.1) is 11.3 Å². The van der Waals surface area contributed by atoms with Crippen molar-refractivity contribution >= 4 is 17.2 Å². The molecule has 1 aliphatic carbocycles. The van der Waals surface area contributed by atoms with Gasteiger partial charge in [0.25, 0.3) is 5.91 Å². The number of β-amino-alcohol motifs (C(OH)–C–C–N with tert-alkyl or cyclic N) is 1. The molecule has 3 heterocycles. The van der Waals surface area contributed by atoms with Crippen LogP contribution in [0.4, 0.5) is 0 Å². The lowest BCUT2D eigenvalue weighted by Gasteiger charge is -2.44. The van der Waals surface area contributed by atoms with Crippen LogP contribution in [0.3, 0.4) is 0 Å². The number of aryl methyl sites for hydroxylation is 2. The van der Waals surface area contributed by atoms with Gasteiger partial charge in [-0.2, -0.15) is 0 Å². The van der Waals surface area contributed by atoms with Crippen molar-refractivity contribution in [2.75, 3.05) is 46.3 Å². The zero-order chi connectivity index (χ0) is 18.1. The molecule has 3 aliphatic rings. The van der Waals surface area contributed by atoms with E-state index in [-0.39, 0.29) is 11.9 Å². The Kier molecular flexibility index (Phi) is 5.64. The molecule has 6 heteroatoms. The zero-order valence-corrected chi connectivity index (χ0v) is 16.6. The number of aliphatic hydroxyl groups is 1. The van der Waals surface area contributed by atoms with Gasteiger partial charge in [-0.3, -0.25) is 9.69 Å². The standard InChI is InChI=1S/C20H31N3O2S/c1-21-9-11-22(12-10-21)16-7-8-23(14-17(16)24)20(25)19-13-15-5-3-2-4-6-18(15)26-19/h13,16-17,24H,2-12,14H2,1H3/t16-,17-/m1/s1. The van der Waals surface area contributed by atoms with Gasteiger partial charge in [0.05, 0.1) is 11.0 Å². The van der Waals surface area contributed by atoms with E-state index in [9.17, 15) is 9.90 Å². The molecule has 144 valence electrons. The van der Waals surface area contributed by atoms with Crippen LogP contribution in [0.5, 0.6) is 0 Å². The minimum absolute atomic E-state index is 0.124. The lowest BCUT2D eigenvalue weighted by molar-refractivity contribution is -0.0218. The quantitative estimate of drug-likeness (QED) is 0.799.